The first-order valence-corrected chi connectivity index (χ1v) is 10.2. The molecule has 1 aromatic heterocycles. The van der Waals surface area contributed by atoms with E-state index in [1.54, 1.807) is 23.1 Å². The molecule has 0 N–H and O–H groups in total. The molecule has 1 aliphatic heterocycles. The second kappa shape index (κ2) is 8.91. The van der Waals surface area contributed by atoms with Crippen molar-refractivity contribution >= 4 is 29.0 Å². The number of hydrogen-bond donors (Lipinski definition) is 0. The number of carbonyl (C=O) groups is 2. The number of ether oxygens (including phenoxy) is 1. The molecule has 4 rings (SSSR count). The van der Waals surface area contributed by atoms with E-state index in [4.69, 9.17) is 16.3 Å². The number of nitrogens with zero attached hydrogens (tertiary/aromatic N) is 6. The predicted octanol–water partition coefficient (Wildman–Crippen LogP) is 2.63. The summed E-state index contributed by atoms with van der Waals surface area (Å²) >= 11 is 6.37. The topological polar surface area (TPSA) is 93.4 Å². The maximum Gasteiger partial charge on any atom is 0.257 e. The highest BCUT2D eigenvalue weighted by Crippen LogP contribution is 2.31. The van der Waals surface area contributed by atoms with Gasteiger partial charge >= 0.3 is 0 Å². The number of halogens is 2. The van der Waals surface area contributed by atoms with Gasteiger partial charge in [-0.2, -0.15) is 4.68 Å². The van der Waals surface area contributed by atoms with Gasteiger partial charge in [-0.25, -0.2) is 4.39 Å². The van der Waals surface area contributed by atoms with E-state index in [0.717, 1.165) is 0 Å². The average Bonchev–Trinajstić information content (AvgIpc) is 3.33. The molecule has 0 unspecified atom stereocenters. The van der Waals surface area contributed by atoms with Crippen LogP contribution in [0.25, 0.3) is 5.69 Å². The van der Waals surface area contributed by atoms with Gasteiger partial charge in [0.1, 0.15) is 17.9 Å². The Morgan fingerprint density at radius 1 is 1.09 bits per heavy atom. The maximum atomic E-state index is 14.5. The first-order chi connectivity index (χ1) is 15.4. The van der Waals surface area contributed by atoms with Gasteiger partial charge in [-0.05, 0) is 41.6 Å². The van der Waals surface area contributed by atoms with Crippen molar-refractivity contribution < 1.29 is 18.7 Å². The normalized spacial score (nSPS) is 13.9. The van der Waals surface area contributed by atoms with Gasteiger partial charge in [-0.15, -0.1) is 5.10 Å². The molecule has 1 saturated heterocycles. The fourth-order valence-corrected chi connectivity index (χ4v) is 3.88. The largest absolute Gasteiger partial charge is 0.496 e. The van der Waals surface area contributed by atoms with Gasteiger partial charge < -0.3 is 14.5 Å². The number of Topliss-reactive ketones (excluding diaryl/α,β-unsaturated/α-hetero) is 1. The molecule has 0 spiro atoms. The summed E-state index contributed by atoms with van der Waals surface area (Å²) in [4.78, 5) is 28.1. The number of rotatable bonds is 5. The molecular formula is C21H20ClFN6O3. The highest BCUT2D eigenvalue weighted by atomic mass is 35.5. The van der Waals surface area contributed by atoms with Crippen LogP contribution in [0.4, 0.5) is 10.1 Å². The molecular weight excluding hydrogens is 439 g/mol. The first kappa shape index (κ1) is 21.7. The first-order valence-electron chi connectivity index (χ1n) is 9.84. The van der Waals surface area contributed by atoms with Gasteiger partial charge in [0.15, 0.2) is 5.78 Å². The van der Waals surface area contributed by atoms with Gasteiger partial charge in [0.05, 0.1) is 29.1 Å². The van der Waals surface area contributed by atoms with Crippen molar-refractivity contribution in [3.05, 3.63) is 58.6 Å². The SMILES string of the molecule is COc1cc(-n2cnnn2)c(Cl)cc1C(=O)N1CCN(c2ccc(C(C)=O)cc2F)CC1. The van der Waals surface area contributed by atoms with Crippen LogP contribution in [-0.4, -0.2) is 70.1 Å². The fraction of sp³-hybridized carbons (Fsp3) is 0.286. The average molecular weight is 459 g/mol. The Kier molecular flexibility index (Phi) is 6.04. The second-order valence-electron chi connectivity index (χ2n) is 7.26. The number of benzene rings is 2. The monoisotopic (exact) mass is 458 g/mol. The number of anilines is 1. The lowest BCUT2D eigenvalue weighted by molar-refractivity contribution is 0.0743. The summed E-state index contributed by atoms with van der Waals surface area (Å²) in [6.07, 6.45) is 1.39. The van der Waals surface area contributed by atoms with Crippen LogP contribution in [0.2, 0.25) is 5.02 Å². The third-order valence-corrected chi connectivity index (χ3v) is 5.66. The van der Waals surface area contributed by atoms with Crippen LogP contribution < -0.4 is 9.64 Å². The zero-order valence-corrected chi connectivity index (χ0v) is 18.2. The Balaban J connectivity index is 1.50. The molecule has 0 bridgehead atoms. The van der Waals surface area contributed by atoms with Gasteiger partial charge in [-0.3, -0.25) is 9.59 Å². The highest BCUT2D eigenvalue weighted by molar-refractivity contribution is 6.33. The van der Waals surface area contributed by atoms with Crippen LogP contribution in [-0.2, 0) is 0 Å². The summed E-state index contributed by atoms with van der Waals surface area (Å²) in [7, 11) is 1.47. The van der Waals surface area contributed by atoms with Gasteiger partial charge in [0.25, 0.3) is 5.91 Å². The summed E-state index contributed by atoms with van der Waals surface area (Å²) < 4.78 is 21.3. The number of ketones is 1. The molecule has 0 saturated carbocycles. The highest BCUT2D eigenvalue weighted by Gasteiger charge is 2.27. The Labute approximate surface area is 188 Å². The van der Waals surface area contributed by atoms with Crippen LogP contribution in [0, 0.1) is 5.82 Å². The van der Waals surface area contributed by atoms with Crippen molar-refractivity contribution in [2.45, 2.75) is 6.92 Å². The molecule has 1 fully saturated rings. The summed E-state index contributed by atoms with van der Waals surface area (Å²) in [5.41, 5.74) is 1.54. The quantitative estimate of drug-likeness (QED) is 0.542. The van der Waals surface area contributed by atoms with Crippen LogP contribution in [0.15, 0.2) is 36.7 Å². The van der Waals surface area contributed by atoms with Crippen molar-refractivity contribution in [2.24, 2.45) is 0 Å². The van der Waals surface area contributed by atoms with E-state index in [-0.39, 0.29) is 11.7 Å². The lowest BCUT2D eigenvalue weighted by Gasteiger charge is -2.36. The van der Waals surface area contributed by atoms with Crippen LogP contribution >= 0.6 is 11.6 Å². The molecule has 0 atom stereocenters. The molecule has 32 heavy (non-hydrogen) atoms. The third kappa shape index (κ3) is 4.13. The second-order valence-corrected chi connectivity index (χ2v) is 7.67. The van der Waals surface area contributed by atoms with E-state index in [9.17, 15) is 14.0 Å². The Morgan fingerprint density at radius 3 is 2.44 bits per heavy atom. The Morgan fingerprint density at radius 2 is 1.84 bits per heavy atom. The minimum atomic E-state index is -0.455. The van der Waals surface area contributed by atoms with E-state index in [1.165, 1.54) is 37.2 Å². The fourth-order valence-electron chi connectivity index (χ4n) is 3.63. The molecule has 0 aliphatic carbocycles. The van der Waals surface area contributed by atoms with E-state index in [0.29, 0.717) is 59.5 Å². The molecule has 166 valence electrons. The Bertz CT molecular complexity index is 1160. The van der Waals surface area contributed by atoms with Crippen LogP contribution in [0.5, 0.6) is 5.75 Å². The van der Waals surface area contributed by atoms with Crippen molar-refractivity contribution in [3.63, 3.8) is 0 Å². The summed E-state index contributed by atoms with van der Waals surface area (Å²) in [5.74, 6) is -0.536. The Hall–Kier alpha value is -3.53. The molecule has 2 heterocycles. The van der Waals surface area contributed by atoms with Gasteiger partial charge in [0.2, 0.25) is 0 Å². The number of hydrogen-bond acceptors (Lipinski definition) is 7. The number of aromatic nitrogens is 4. The number of methoxy groups -OCH3 is 1. The summed E-state index contributed by atoms with van der Waals surface area (Å²) in [5, 5.41) is 11.3. The van der Waals surface area contributed by atoms with Crippen molar-refractivity contribution in [1.29, 1.82) is 0 Å². The molecule has 11 heteroatoms. The molecule has 0 radical (unpaired) electrons. The predicted molar refractivity (Wildman–Crippen MR) is 115 cm³/mol. The van der Waals surface area contributed by atoms with E-state index >= 15 is 0 Å². The van der Waals surface area contributed by atoms with E-state index < -0.39 is 5.82 Å². The minimum absolute atomic E-state index is 0.190. The third-order valence-electron chi connectivity index (χ3n) is 5.36. The number of piperazine rings is 1. The molecule has 3 aromatic rings. The lowest BCUT2D eigenvalue weighted by Crippen LogP contribution is -2.49. The molecule has 9 nitrogen and oxygen atoms in total. The lowest BCUT2D eigenvalue weighted by atomic mass is 10.1. The van der Waals surface area contributed by atoms with Crippen molar-refractivity contribution in [1.82, 2.24) is 25.1 Å². The zero-order chi connectivity index (χ0) is 22.8. The van der Waals surface area contributed by atoms with Crippen molar-refractivity contribution in [3.8, 4) is 11.4 Å². The van der Waals surface area contributed by atoms with Crippen LogP contribution in [0.1, 0.15) is 27.6 Å². The maximum absolute atomic E-state index is 14.5. The minimum Gasteiger partial charge on any atom is -0.496 e. The zero-order valence-electron chi connectivity index (χ0n) is 17.5. The number of amides is 1. The van der Waals surface area contributed by atoms with Crippen LogP contribution in [0.3, 0.4) is 0 Å². The van der Waals surface area contributed by atoms with Gasteiger partial charge in [0, 0.05) is 37.8 Å². The standard InChI is InChI=1S/C21H20ClFN6O3/c1-13(30)14-3-4-18(17(23)9-14)27-5-7-28(8-6-27)21(31)15-10-16(22)19(11-20(15)32-2)29-12-24-25-26-29/h3-4,9-12H,5-8H2,1-2H3. The summed E-state index contributed by atoms with van der Waals surface area (Å²) in [6, 6.07) is 7.59. The van der Waals surface area contributed by atoms with E-state index in [1.807, 2.05) is 4.90 Å². The molecule has 1 aliphatic rings. The molecule has 2 aromatic carbocycles. The summed E-state index contributed by atoms with van der Waals surface area (Å²) in [6.45, 7) is 3.07. The van der Waals surface area contributed by atoms with Gasteiger partial charge in [-0.1, -0.05) is 11.6 Å². The smallest absolute Gasteiger partial charge is 0.257 e. The van der Waals surface area contributed by atoms with E-state index in [2.05, 4.69) is 15.5 Å². The van der Waals surface area contributed by atoms with Crippen molar-refractivity contribution in [2.75, 3.05) is 38.2 Å². The number of tetrazole rings is 1. The molecule has 1 amide bonds. The number of carbonyl (C=O) groups excluding carboxylic acids is 2.